The first kappa shape index (κ1) is 23.1. The Kier molecular flexibility index (Phi) is 7.60. The van der Waals surface area contributed by atoms with Gasteiger partial charge in [0.05, 0.1) is 25.2 Å². The number of rotatable bonds is 6. The van der Waals surface area contributed by atoms with Gasteiger partial charge in [0, 0.05) is 32.2 Å². The Morgan fingerprint density at radius 1 is 1.23 bits per heavy atom. The van der Waals surface area contributed by atoms with E-state index < -0.39 is 18.1 Å². The van der Waals surface area contributed by atoms with Crippen LogP contribution >= 0.6 is 0 Å². The number of likely N-dealkylation sites (N-methyl/N-ethyl adjacent to an activating group) is 1. The second-order valence-electron chi connectivity index (χ2n) is 8.44. The molecule has 0 aromatic heterocycles. The second kappa shape index (κ2) is 10.2. The number of fused-ring (bicyclic) bond motifs is 1. The van der Waals surface area contributed by atoms with Crippen molar-refractivity contribution in [3.05, 3.63) is 0 Å². The van der Waals surface area contributed by atoms with E-state index in [2.05, 4.69) is 16.0 Å². The van der Waals surface area contributed by atoms with Gasteiger partial charge < -0.3 is 30.5 Å². The molecule has 3 fully saturated rings. The van der Waals surface area contributed by atoms with E-state index in [9.17, 15) is 24.0 Å². The summed E-state index contributed by atoms with van der Waals surface area (Å²) in [7, 11) is 1.65. The molecule has 3 rings (SSSR count). The third-order valence-corrected chi connectivity index (χ3v) is 6.36. The Morgan fingerprint density at radius 3 is 2.68 bits per heavy atom. The van der Waals surface area contributed by atoms with Crippen LogP contribution in [-0.2, 0) is 24.0 Å². The molecule has 4 amide bonds. The molecule has 3 N–H and O–H groups in total. The number of amides is 4. The molecule has 3 heterocycles. The van der Waals surface area contributed by atoms with Crippen molar-refractivity contribution < 1.29 is 24.0 Å². The summed E-state index contributed by atoms with van der Waals surface area (Å²) in [6.07, 6.45) is 2.65. The quantitative estimate of drug-likeness (QED) is 0.386. The summed E-state index contributed by atoms with van der Waals surface area (Å²) in [6.45, 7) is 3.47. The summed E-state index contributed by atoms with van der Waals surface area (Å²) < 4.78 is 0. The van der Waals surface area contributed by atoms with Gasteiger partial charge in [-0.25, -0.2) is 0 Å². The number of carbonyl (C=O) groups excluding carboxylic acids is 5. The van der Waals surface area contributed by atoms with Crippen LogP contribution in [0.4, 0.5) is 0 Å². The summed E-state index contributed by atoms with van der Waals surface area (Å²) in [5.74, 6) is -0.970. The third-order valence-electron chi connectivity index (χ3n) is 6.36. The molecule has 0 saturated carbocycles. The van der Waals surface area contributed by atoms with Crippen LogP contribution in [0.5, 0.6) is 0 Å². The average molecular weight is 437 g/mol. The molecule has 3 aliphatic heterocycles. The van der Waals surface area contributed by atoms with E-state index >= 15 is 0 Å². The average Bonchev–Trinajstić information content (AvgIpc) is 3.15. The highest BCUT2D eigenvalue weighted by molar-refractivity contribution is 5.92. The molecule has 0 aromatic carbocycles. The van der Waals surface area contributed by atoms with Crippen molar-refractivity contribution in [2.24, 2.45) is 0 Å². The molecule has 11 heteroatoms. The summed E-state index contributed by atoms with van der Waals surface area (Å²) in [5, 5.41) is 8.33. The van der Waals surface area contributed by atoms with E-state index in [-0.39, 0.29) is 49.3 Å². The summed E-state index contributed by atoms with van der Waals surface area (Å²) in [6, 6.07) is -2.07. The van der Waals surface area contributed by atoms with Crippen molar-refractivity contribution in [1.82, 2.24) is 30.7 Å². The van der Waals surface area contributed by atoms with Crippen LogP contribution in [0.15, 0.2) is 0 Å². The number of aldehydes is 1. The van der Waals surface area contributed by atoms with Crippen molar-refractivity contribution in [2.45, 2.75) is 50.4 Å². The monoisotopic (exact) mass is 436 g/mol. The molecule has 172 valence electrons. The maximum absolute atomic E-state index is 13.3. The largest absolute Gasteiger partial charge is 0.354 e. The van der Waals surface area contributed by atoms with Crippen LogP contribution in [0.25, 0.3) is 0 Å². The van der Waals surface area contributed by atoms with E-state index in [4.69, 9.17) is 0 Å². The van der Waals surface area contributed by atoms with Gasteiger partial charge in [-0.3, -0.25) is 24.1 Å². The molecule has 31 heavy (non-hydrogen) atoms. The van der Waals surface area contributed by atoms with Crippen LogP contribution < -0.4 is 16.0 Å². The standard InChI is InChI=1S/C20H32N6O5/c1-13(21-2)19(30)23-16-9-25(18(29)11-24-8-6-22-17(28)10-24)7-5-14-3-4-15(12-27)26(14)20(16)31/h12-16,21H,3-11H2,1-2H3,(H,22,28)(H,23,30)/t13-,14+,15-,16-/m0/s1. The molecular weight excluding hydrogens is 404 g/mol. The molecule has 0 bridgehead atoms. The lowest BCUT2D eigenvalue weighted by atomic mass is 10.1. The fraction of sp³-hybridized carbons (Fsp3) is 0.750. The molecule has 0 radical (unpaired) electrons. The lowest BCUT2D eigenvalue weighted by Crippen LogP contribution is -2.62. The molecule has 3 saturated heterocycles. The van der Waals surface area contributed by atoms with Gasteiger partial charge in [-0.1, -0.05) is 0 Å². The third kappa shape index (κ3) is 5.40. The van der Waals surface area contributed by atoms with Crippen molar-refractivity contribution in [2.75, 3.05) is 46.3 Å². The number of hydrogen-bond acceptors (Lipinski definition) is 7. The number of hydrogen-bond donors (Lipinski definition) is 3. The van der Waals surface area contributed by atoms with Crippen LogP contribution in [0.2, 0.25) is 0 Å². The molecule has 0 unspecified atom stereocenters. The number of nitrogens with one attached hydrogen (secondary N) is 3. The first-order chi connectivity index (χ1) is 14.8. The summed E-state index contributed by atoms with van der Waals surface area (Å²) >= 11 is 0. The van der Waals surface area contributed by atoms with Crippen molar-refractivity contribution in [3.63, 3.8) is 0 Å². The minimum absolute atomic E-state index is 0.0364. The molecule has 3 aliphatic rings. The maximum atomic E-state index is 13.3. The lowest BCUT2D eigenvalue weighted by Gasteiger charge is -2.39. The first-order valence-corrected chi connectivity index (χ1v) is 10.9. The predicted molar refractivity (Wildman–Crippen MR) is 111 cm³/mol. The Balaban J connectivity index is 1.76. The SMILES string of the molecule is CN[C@@H](C)C(=O)N[C@H]1CN(C(=O)CN2CCNC(=O)C2)CC[C@H]2CC[C@@H](C=O)N2C1=O. The number of nitrogens with zero attached hydrogens (tertiary/aromatic N) is 3. The minimum atomic E-state index is -0.930. The molecule has 11 nitrogen and oxygen atoms in total. The van der Waals surface area contributed by atoms with Crippen LogP contribution in [0, 0.1) is 0 Å². The normalized spacial score (nSPS) is 28.3. The zero-order chi connectivity index (χ0) is 22.5. The molecular formula is C20H32N6O5. The number of piperazine rings is 1. The second-order valence-corrected chi connectivity index (χ2v) is 8.44. The maximum Gasteiger partial charge on any atom is 0.247 e. The molecule has 4 atom stereocenters. The fourth-order valence-electron chi connectivity index (χ4n) is 4.43. The van der Waals surface area contributed by atoms with Crippen LogP contribution in [0.3, 0.4) is 0 Å². The topological polar surface area (TPSA) is 131 Å². The van der Waals surface area contributed by atoms with Crippen LogP contribution in [0.1, 0.15) is 26.2 Å². The van der Waals surface area contributed by atoms with E-state index in [1.165, 1.54) is 0 Å². The van der Waals surface area contributed by atoms with Crippen molar-refractivity contribution in [3.8, 4) is 0 Å². The minimum Gasteiger partial charge on any atom is -0.354 e. The molecule has 0 aromatic rings. The van der Waals surface area contributed by atoms with Gasteiger partial charge in [-0.2, -0.15) is 0 Å². The smallest absolute Gasteiger partial charge is 0.247 e. The van der Waals surface area contributed by atoms with Gasteiger partial charge in [-0.05, 0) is 33.2 Å². The summed E-state index contributed by atoms with van der Waals surface area (Å²) in [4.78, 5) is 67.0. The fourth-order valence-corrected chi connectivity index (χ4v) is 4.43. The highest BCUT2D eigenvalue weighted by Gasteiger charge is 2.43. The predicted octanol–water partition coefficient (Wildman–Crippen LogP) is -2.70. The summed E-state index contributed by atoms with van der Waals surface area (Å²) in [5.41, 5.74) is 0. The zero-order valence-corrected chi connectivity index (χ0v) is 18.1. The van der Waals surface area contributed by atoms with Gasteiger partial charge >= 0.3 is 0 Å². The van der Waals surface area contributed by atoms with E-state index in [0.29, 0.717) is 38.9 Å². The van der Waals surface area contributed by atoms with Gasteiger partial charge in [0.25, 0.3) is 0 Å². The highest BCUT2D eigenvalue weighted by atomic mass is 16.2. The first-order valence-electron chi connectivity index (χ1n) is 10.9. The molecule has 0 aliphatic carbocycles. The number of carbonyl (C=O) groups is 5. The Bertz CT molecular complexity index is 731. The van der Waals surface area contributed by atoms with Gasteiger partial charge in [0.2, 0.25) is 23.6 Å². The van der Waals surface area contributed by atoms with Gasteiger partial charge in [-0.15, -0.1) is 0 Å². The Morgan fingerprint density at radius 2 is 2.00 bits per heavy atom. The Hall–Kier alpha value is -2.53. The van der Waals surface area contributed by atoms with Crippen LogP contribution in [-0.4, -0.2) is 115 Å². The van der Waals surface area contributed by atoms with Gasteiger partial charge in [0.1, 0.15) is 12.3 Å². The van der Waals surface area contributed by atoms with Gasteiger partial charge in [0.15, 0.2) is 0 Å². The zero-order valence-electron chi connectivity index (χ0n) is 18.1. The van der Waals surface area contributed by atoms with Crippen molar-refractivity contribution in [1.29, 1.82) is 0 Å². The van der Waals surface area contributed by atoms with E-state index in [0.717, 1.165) is 6.29 Å². The Labute approximate surface area is 181 Å². The highest BCUT2D eigenvalue weighted by Crippen LogP contribution is 2.28. The van der Waals surface area contributed by atoms with E-state index in [1.807, 2.05) is 0 Å². The van der Waals surface area contributed by atoms with Crippen molar-refractivity contribution >= 4 is 29.9 Å². The lowest BCUT2D eigenvalue weighted by molar-refractivity contribution is -0.145. The van der Waals surface area contributed by atoms with E-state index in [1.54, 1.807) is 28.7 Å². The molecule has 0 spiro atoms.